The minimum Gasteiger partial charge on any atom is -0.508 e. The van der Waals surface area contributed by atoms with E-state index in [1.54, 1.807) is 11.0 Å². The third-order valence-corrected chi connectivity index (χ3v) is 5.08. The van der Waals surface area contributed by atoms with Crippen molar-refractivity contribution in [3.63, 3.8) is 0 Å². The summed E-state index contributed by atoms with van der Waals surface area (Å²) in [5.74, 6) is 0.254. The fraction of sp³-hybridized carbons (Fsp3) is 0.227. The van der Waals surface area contributed by atoms with E-state index in [9.17, 15) is 9.90 Å². The summed E-state index contributed by atoms with van der Waals surface area (Å²) in [6, 6.07) is 14.8. The highest BCUT2D eigenvalue weighted by Gasteiger charge is 2.24. The van der Waals surface area contributed by atoms with Crippen molar-refractivity contribution in [1.29, 1.82) is 0 Å². The number of aryl methyl sites for hydroxylation is 1. The minimum absolute atomic E-state index is 0.00163. The molecule has 1 aromatic heterocycles. The standard InChI is InChI=1S/C22H22N4O2/c1-14-9-16(5-6-21(14)27)20-11-19(24-13-25-20)15-3-2-4-17(10-15)22(28)26-8-7-18(23)12-26/h2-6,9-11,13,18,27H,7-8,12,23H2,1H3. The molecule has 1 aliphatic heterocycles. The highest BCUT2D eigenvalue weighted by molar-refractivity contribution is 5.95. The van der Waals surface area contributed by atoms with Gasteiger partial charge in [0.05, 0.1) is 11.4 Å². The Morgan fingerprint density at radius 3 is 2.54 bits per heavy atom. The van der Waals surface area contributed by atoms with Gasteiger partial charge in [-0.05, 0) is 55.3 Å². The lowest BCUT2D eigenvalue weighted by atomic mass is 10.0. The summed E-state index contributed by atoms with van der Waals surface area (Å²) in [5, 5.41) is 9.74. The van der Waals surface area contributed by atoms with E-state index in [4.69, 9.17) is 5.73 Å². The van der Waals surface area contributed by atoms with Crippen LogP contribution in [0.3, 0.4) is 0 Å². The number of carbonyl (C=O) groups is 1. The van der Waals surface area contributed by atoms with Gasteiger partial charge in [0.15, 0.2) is 0 Å². The number of hydrogen-bond acceptors (Lipinski definition) is 5. The molecule has 0 aliphatic carbocycles. The monoisotopic (exact) mass is 374 g/mol. The molecule has 0 saturated carbocycles. The maximum atomic E-state index is 12.7. The summed E-state index contributed by atoms with van der Waals surface area (Å²) in [7, 11) is 0. The molecule has 3 N–H and O–H groups in total. The second-order valence-electron chi connectivity index (χ2n) is 7.17. The Balaban J connectivity index is 1.64. The quantitative estimate of drug-likeness (QED) is 0.735. The van der Waals surface area contributed by atoms with Gasteiger partial charge in [0.25, 0.3) is 5.91 Å². The summed E-state index contributed by atoms with van der Waals surface area (Å²) in [6.07, 6.45) is 2.35. The Kier molecular flexibility index (Phi) is 4.79. The average molecular weight is 374 g/mol. The zero-order chi connectivity index (χ0) is 19.7. The van der Waals surface area contributed by atoms with Gasteiger partial charge in [0, 0.05) is 35.8 Å². The first kappa shape index (κ1) is 18.1. The lowest BCUT2D eigenvalue weighted by Gasteiger charge is -2.16. The number of amides is 1. The fourth-order valence-corrected chi connectivity index (χ4v) is 3.45. The van der Waals surface area contributed by atoms with Crippen molar-refractivity contribution in [2.75, 3.05) is 13.1 Å². The average Bonchev–Trinajstić information content (AvgIpc) is 3.16. The predicted molar refractivity (Wildman–Crippen MR) is 108 cm³/mol. The van der Waals surface area contributed by atoms with Crippen molar-refractivity contribution < 1.29 is 9.90 Å². The van der Waals surface area contributed by atoms with E-state index >= 15 is 0 Å². The summed E-state index contributed by atoms with van der Waals surface area (Å²) in [5.41, 5.74) is 10.6. The van der Waals surface area contributed by atoms with Gasteiger partial charge in [-0.25, -0.2) is 9.97 Å². The normalized spacial score (nSPS) is 16.4. The summed E-state index contributed by atoms with van der Waals surface area (Å²) in [6.45, 7) is 3.14. The molecule has 1 saturated heterocycles. The topological polar surface area (TPSA) is 92.3 Å². The molecule has 6 heteroatoms. The minimum atomic E-state index is -0.00163. The second-order valence-corrected chi connectivity index (χ2v) is 7.17. The highest BCUT2D eigenvalue weighted by atomic mass is 16.3. The first-order chi connectivity index (χ1) is 13.5. The van der Waals surface area contributed by atoms with Crippen LogP contribution in [-0.4, -0.2) is 45.0 Å². The van der Waals surface area contributed by atoms with Crippen molar-refractivity contribution >= 4 is 5.91 Å². The number of aromatic nitrogens is 2. The van der Waals surface area contributed by atoms with E-state index in [-0.39, 0.29) is 17.7 Å². The smallest absolute Gasteiger partial charge is 0.253 e. The number of phenolic OH excluding ortho intramolecular Hbond substituents is 1. The van der Waals surface area contributed by atoms with Crippen LogP contribution in [0.15, 0.2) is 54.9 Å². The number of likely N-dealkylation sites (tertiary alicyclic amines) is 1. The molecule has 1 amide bonds. The molecule has 4 rings (SSSR count). The van der Waals surface area contributed by atoms with Crippen LogP contribution in [-0.2, 0) is 0 Å². The van der Waals surface area contributed by atoms with E-state index in [0.717, 1.165) is 34.5 Å². The van der Waals surface area contributed by atoms with Gasteiger partial charge in [-0.3, -0.25) is 4.79 Å². The number of rotatable bonds is 3. The number of carbonyl (C=O) groups excluding carboxylic acids is 1. The van der Waals surface area contributed by atoms with Crippen molar-refractivity contribution in [1.82, 2.24) is 14.9 Å². The molecule has 0 radical (unpaired) electrons. The van der Waals surface area contributed by atoms with Gasteiger partial charge in [0.2, 0.25) is 0 Å². The Hall–Kier alpha value is -3.25. The van der Waals surface area contributed by atoms with Crippen LogP contribution in [0.2, 0.25) is 0 Å². The van der Waals surface area contributed by atoms with Crippen molar-refractivity contribution in [2.45, 2.75) is 19.4 Å². The van der Waals surface area contributed by atoms with Gasteiger partial charge >= 0.3 is 0 Å². The Morgan fingerprint density at radius 1 is 1.11 bits per heavy atom. The Bertz CT molecular complexity index is 1030. The lowest BCUT2D eigenvalue weighted by molar-refractivity contribution is 0.0791. The SMILES string of the molecule is Cc1cc(-c2cc(-c3cccc(C(=O)N4CCC(N)C4)c3)ncn2)ccc1O. The molecule has 1 atom stereocenters. The first-order valence-corrected chi connectivity index (χ1v) is 9.28. The molecule has 1 unspecified atom stereocenters. The number of aromatic hydroxyl groups is 1. The van der Waals surface area contributed by atoms with E-state index in [2.05, 4.69) is 9.97 Å². The Morgan fingerprint density at radius 2 is 1.86 bits per heavy atom. The second kappa shape index (κ2) is 7.40. The van der Waals surface area contributed by atoms with Gasteiger partial charge in [0.1, 0.15) is 12.1 Å². The van der Waals surface area contributed by atoms with Gasteiger partial charge in [-0.15, -0.1) is 0 Å². The molecule has 28 heavy (non-hydrogen) atoms. The molecule has 142 valence electrons. The third-order valence-electron chi connectivity index (χ3n) is 5.08. The van der Waals surface area contributed by atoms with Crippen molar-refractivity contribution in [3.05, 3.63) is 66.0 Å². The predicted octanol–water partition coefficient (Wildman–Crippen LogP) is 3.00. The molecule has 1 aliphatic rings. The molecular formula is C22H22N4O2. The van der Waals surface area contributed by atoms with Crippen LogP contribution in [0.1, 0.15) is 22.3 Å². The molecule has 3 aromatic rings. The molecule has 6 nitrogen and oxygen atoms in total. The van der Waals surface area contributed by atoms with E-state index < -0.39 is 0 Å². The number of nitrogens with zero attached hydrogens (tertiary/aromatic N) is 3. The molecular weight excluding hydrogens is 352 g/mol. The van der Waals surface area contributed by atoms with Gasteiger partial charge in [-0.2, -0.15) is 0 Å². The van der Waals surface area contributed by atoms with E-state index in [1.807, 2.05) is 49.4 Å². The van der Waals surface area contributed by atoms with Crippen LogP contribution in [0.4, 0.5) is 0 Å². The highest BCUT2D eigenvalue weighted by Crippen LogP contribution is 2.27. The molecule has 0 spiro atoms. The lowest BCUT2D eigenvalue weighted by Crippen LogP contribution is -2.31. The Labute approximate surface area is 163 Å². The first-order valence-electron chi connectivity index (χ1n) is 9.28. The summed E-state index contributed by atoms with van der Waals surface area (Å²) < 4.78 is 0. The zero-order valence-corrected chi connectivity index (χ0v) is 15.7. The van der Waals surface area contributed by atoms with Crippen LogP contribution >= 0.6 is 0 Å². The molecule has 2 aromatic carbocycles. The van der Waals surface area contributed by atoms with Crippen LogP contribution in [0.5, 0.6) is 5.75 Å². The van der Waals surface area contributed by atoms with E-state index in [0.29, 0.717) is 18.7 Å². The van der Waals surface area contributed by atoms with Crippen LogP contribution < -0.4 is 5.73 Å². The fourth-order valence-electron chi connectivity index (χ4n) is 3.45. The summed E-state index contributed by atoms with van der Waals surface area (Å²) in [4.78, 5) is 23.3. The molecule has 0 bridgehead atoms. The maximum absolute atomic E-state index is 12.7. The number of benzene rings is 2. The summed E-state index contributed by atoms with van der Waals surface area (Å²) >= 11 is 0. The molecule has 1 fully saturated rings. The third kappa shape index (κ3) is 3.59. The van der Waals surface area contributed by atoms with Gasteiger partial charge in [-0.1, -0.05) is 12.1 Å². The van der Waals surface area contributed by atoms with Crippen molar-refractivity contribution in [2.24, 2.45) is 5.73 Å². The number of phenols is 1. The zero-order valence-electron chi connectivity index (χ0n) is 15.7. The number of hydrogen-bond donors (Lipinski definition) is 2. The largest absolute Gasteiger partial charge is 0.508 e. The van der Waals surface area contributed by atoms with Crippen LogP contribution in [0.25, 0.3) is 22.5 Å². The van der Waals surface area contributed by atoms with Crippen molar-refractivity contribution in [3.8, 4) is 28.3 Å². The number of nitrogens with two attached hydrogens (primary N) is 1. The van der Waals surface area contributed by atoms with Gasteiger partial charge < -0.3 is 15.7 Å². The molecule has 2 heterocycles. The van der Waals surface area contributed by atoms with Crippen LogP contribution in [0, 0.1) is 6.92 Å². The van der Waals surface area contributed by atoms with E-state index in [1.165, 1.54) is 6.33 Å². The maximum Gasteiger partial charge on any atom is 0.253 e.